The number of hydrogen-bond acceptors (Lipinski definition) is 7. The number of ether oxygens (including phenoxy) is 1. The second-order valence-electron chi connectivity index (χ2n) is 7.49. The van der Waals surface area contributed by atoms with Gasteiger partial charge in [-0.2, -0.15) is 16.1 Å². The molecule has 1 atom stereocenters. The lowest BCUT2D eigenvalue weighted by molar-refractivity contribution is -0.0295. The van der Waals surface area contributed by atoms with Gasteiger partial charge in [-0.05, 0) is 17.4 Å². The Bertz CT molecular complexity index is 760. The van der Waals surface area contributed by atoms with Crippen LogP contribution in [0.2, 0.25) is 0 Å². The minimum absolute atomic E-state index is 0.0735. The Kier molecular flexibility index (Phi) is 7.80. The van der Waals surface area contributed by atoms with E-state index >= 15 is 0 Å². The van der Waals surface area contributed by atoms with Crippen LogP contribution in [0.3, 0.4) is 0 Å². The molecule has 158 valence electrons. The first-order valence-corrected chi connectivity index (χ1v) is 13.1. The number of nitrogens with zero attached hydrogens (tertiary/aromatic N) is 2. The Morgan fingerprint density at radius 2 is 2.07 bits per heavy atom. The number of amides is 1. The summed E-state index contributed by atoms with van der Waals surface area (Å²) in [5, 5.41) is 4.55. The van der Waals surface area contributed by atoms with Crippen molar-refractivity contribution in [2.24, 2.45) is 5.92 Å². The molecule has 3 rings (SSSR count). The Morgan fingerprint density at radius 3 is 2.79 bits per heavy atom. The SMILES string of the molecule is CC(C)CN1CCOC(CNC(=O)c2sccc2S(=O)(=O)N2CCSCC2)C1. The van der Waals surface area contributed by atoms with Gasteiger partial charge in [-0.25, -0.2) is 8.42 Å². The fourth-order valence-corrected chi connectivity index (χ4v) is 7.36. The summed E-state index contributed by atoms with van der Waals surface area (Å²) in [5.74, 6) is 1.82. The topological polar surface area (TPSA) is 79.0 Å². The second kappa shape index (κ2) is 9.90. The van der Waals surface area contributed by atoms with Gasteiger partial charge in [-0.1, -0.05) is 13.8 Å². The Balaban J connectivity index is 1.60. The highest BCUT2D eigenvalue weighted by atomic mass is 32.2. The second-order valence-corrected chi connectivity index (χ2v) is 11.5. The lowest BCUT2D eigenvalue weighted by atomic mass is 10.2. The number of carbonyl (C=O) groups is 1. The quantitative estimate of drug-likeness (QED) is 0.684. The van der Waals surface area contributed by atoms with Gasteiger partial charge in [0.05, 0.1) is 12.7 Å². The first kappa shape index (κ1) is 22.0. The summed E-state index contributed by atoms with van der Waals surface area (Å²) in [4.78, 5) is 15.4. The number of nitrogens with one attached hydrogen (secondary N) is 1. The van der Waals surface area contributed by atoms with Gasteiger partial charge in [0.15, 0.2) is 0 Å². The first-order valence-electron chi connectivity index (χ1n) is 9.65. The Morgan fingerprint density at radius 1 is 1.32 bits per heavy atom. The minimum atomic E-state index is -3.63. The normalized spacial score (nSPS) is 22.5. The van der Waals surface area contributed by atoms with E-state index in [-0.39, 0.29) is 21.8 Å². The van der Waals surface area contributed by atoms with E-state index in [1.54, 1.807) is 17.1 Å². The summed E-state index contributed by atoms with van der Waals surface area (Å²) >= 11 is 2.92. The van der Waals surface area contributed by atoms with Crippen LogP contribution in [-0.4, -0.2) is 87.0 Å². The third-order valence-corrected chi connectivity index (χ3v) is 8.69. The Labute approximate surface area is 175 Å². The Hall–Kier alpha value is -0.650. The standard InChI is InChI=1S/C18H29N3O4S3/c1-14(2)12-20-4-7-25-15(13-20)11-19-18(22)17-16(3-8-27-17)28(23,24)21-5-9-26-10-6-21/h3,8,14-15H,4-7,9-13H2,1-2H3,(H,19,22). The van der Waals surface area contributed by atoms with Crippen LogP contribution in [0.4, 0.5) is 0 Å². The van der Waals surface area contributed by atoms with Gasteiger partial charge in [-0.15, -0.1) is 11.3 Å². The van der Waals surface area contributed by atoms with Crippen molar-refractivity contribution in [2.75, 3.05) is 57.4 Å². The predicted molar refractivity (Wildman–Crippen MR) is 114 cm³/mol. The molecule has 2 fully saturated rings. The number of rotatable bonds is 7. The zero-order valence-electron chi connectivity index (χ0n) is 16.4. The van der Waals surface area contributed by atoms with E-state index in [4.69, 9.17) is 4.74 Å². The molecule has 28 heavy (non-hydrogen) atoms. The maximum atomic E-state index is 12.9. The van der Waals surface area contributed by atoms with Gasteiger partial charge in [0.1, 0.15) is 9.77 Å². The summed E-state index contributed by atoms with van der Waals surface area (Å²) in [6.07, 6.45) is -0.0735. The van der Waals surface area contributed by atoms with Crippen molar-refractivity contribution >= 4 is 39.0 Å². The highest BCUT2D eigenvalue weighted by Crippen LogP contribution is 2.27. The van der Waals surface area contributed by atoms with Crippen LogP contribution in [0.15, 0.2) is 16.3 Å². The van der Waals surface area contributed by atoms with E-state index in [2.05, 4.69) is 24.1 Å². The third-order valence-electron chi connectivity index (χ3n) is 4.76. The number of morpholine rings is 1. The summed E-state index contributed by atoms with van der Waals surface area (Å²) < 4.78 is 33.1. The molecule has 2 aliphatic heterocycles. The van der Waals surface area contributed by atoms with Crippen LogP contribution < -0.4 is 5.32 Å². The van der Waals surface area contributed by atoms with Crippen molar-refractivity contribution in [1.82, 2.24) is 14.5 Å². The van der Waals surface area contributed by atoms with Gasteiger partial charge in [-0.3, -0.25) is 9.69 Å². The summed E-state index contributed by atoms with van der Waals surface area (Å²) in [5.41, 5.74) is 0. The summed E-state index contributed by atoms with van der Waals surface area (Å²) in [7, 11) is -3.63. The van der Waals surface area contributed by atoms with Crippen molar-refractivity contribution in [1.29, 1.82) is 0 Å². The largest absolute Gasteiger partial charge is 0.374 e. The van der Waals surface area contributed by atoms with Crippen molar-refractivity contribution < 1.29 is 17.9 Å². The number of sulfonamides is 1. The zero-order valence-corrected chi connectivity index (χ0v) is 18.9. The molecule has 2 saturated heterocycles. The molecule has 1 N–H and O–H groups in total. The fraction of sp³-hybridized carbons (Fsp3) is 0.722. The van der Waals surface area contributed by atoms with Crippen molar-refractivity contribution in [3.63, 3.8) is 0 Å². The molecular weight excluding hydrogens is 418 g/mol. The monoisotopic (exact) mass is 447 g/mol. The van der Waals surface area contributed by atoms with E-state index in [1.165, 1.54) is 21.7 Å². The van der Waals surface area contributed by atoms with E-state index < -0.39 is 10.0 Å². The van der Waals surface area contributed by atoms with Crippen LogP contribution in [0.5, 0.6) is 0 Å². The van der Waals surface area contributed by atoms with E-state index in [0.29, 0.717) is 32.2 Å². The van der Waals surface area contributed by atoms with Crippen LogP contribution in [0.25, 0.3) is 0 Å². The summed E-state index contributed by atoms with van der Waals surface area (Å²) in [6, 6.07) is 1.54. The van der Waals surface area contributed by atoms with Crippen LogP contribution in [0, 0.1) is 5.92 Å². The molecule has 0 aromatic carbocycles. The molecule has 10 heteroatoms. The molecule has 0 spiro atoms. The average Bonchev–Trinajstić information content (AvgIpc) is 3.17. The van der Waals surface area contributed by atoms with Gasteiger partial charge in [0.2, 0.25) is 10.0 Å². The molecule has 0 radical (unpaired) electrons. The van der Waals surface area contributed by atoms with Crippen LogP contribution in [-0.2, 0) is 14.8 Å². The molecule has 1 aromatic rings. The zero-order chi connectivity index (χ0) is 20.1. The highest BCUT2D eigenvalue weighted by Gasteiger charge is 2.31. The molecule has 1 amide bonds. The van der Waals surface area contributed by atoms with Crippen LogP contribution in [0.1, 0.15) is 23.5 Å². The van der Waals surface area contributed by atoms with Gasteiger partial charge >= 0.3 is 0 Å². The van der Waals surface area contributed by atoms with Gasteiger partial charge in [0.25, 0.3) is 5.91 Å². The number of thiophene rings is 1. The highest BCUT2D eigenvalue weighted by molar-refractivity contribution is 7.99. The maximum absolute atomic E-state index is 12.9. The van der Waals surface area contributed by atoms with Crippen molar-refractivity contribution in [3.8, 4) is 0 Å². The fourth-order valence-electron chi connectivity index (χ4n) is 3.47. The number of thioether (sulfide) groups is 1. The molecule has 0 bridgehead atoms. The van der Waals surface area contributed by atoms with Crippen LogP contribution >= 0.6 is 23.1 Å². The molecular formula is C18H29N3O4S3. The van der Waals surface area contributed by atoms with E-state index in [0.717, 1.165) is 31.1 Å². The van der Waals surface area contributed by atoms with E-state index in [1.807, 2.05) is 0 Å². The van der Waals surface area contributed by atoms with Crippen molar-refractivity contribution in [2.45, 2.75) is 24.8 Å². The smallest absolute Gasteiger partial charge is 0.262 e. The molecule has 1 unspecified atom stereocenters. The van der Waals surface area contributed by atoms with Gasteiger partial charge < -0.3 is 10.1 Å². The van der Waals surface area contributed by atoms with Crippen molar-refractivity contribution in [3.05, 3.63) is 16.3 Å². The molecule has 1 aromatic heterocycles. The maximum Gasteiger partial charge on any atom is 0.262 e. The molecule has 7 nitrogen and oxygen atoms in total. The van der Waals surface area contributed by atoms with Gasteiger partial charge in [0, 0.05) is 50.8 Å². The number of hydrogen-bond donors (Lipinski definition) is 1. The summed E-state index contributed by atoms with van der Waals surface area (Å²) in [6.45, 7) is 9.08. The lowest BCUT2D eigenvalue weighted by Crippen LogP contribution is -2.48. The molecule has 0 aliphatic carbocycles. The van der Waals surface area contributed by atoms with E-state index in [9.17, 15) is 13.2 Å². The molecule has 2 aliphatic rings. The number of carbonyl (C=O) groups excluding carboxylic acids is 1. The predicted octanol–water partition coefficient (Wildman–Crippen LogP) is 1.57. The third kappa shape index (κ3) is 5.48. The first-order chi connectivity index (χ1) is 13.4. The minimum Gasteiger partial charge on any atom is -0.374 e. The molecule has 3 heterocycles. The average molecular weight is 448 g/mol. The molecule has 0 saturated carbocycles. The lowest BCUT2D eigenvalue weighted by Gasteiger charge is -2.33.